The van der Waals surface area contributed by atoms with Gasteiger partial charge in [-0.05, 0) is 60.2 Å². The number of carbonyl (C=O) groups excluding carboxylic acids is 1. The molecule has 0 N–H and O–H groups in total. The van der Waals surface area contributed by atoms with Gasteiger partial charge in [0.05, 0.1) is 12.7 Å². The number of benzene rings is 4. The van der Waals surface area contributed by atoms with Gasteiger partial charge >= 0.3 is 0 Å². The lowest BCUT2D eigenvalue weighted by atomic mass is 10.1. The Balaban J connectivity index is 1.57. The first-order valence-electron chi connectivity index (χ1n) is 10.2. The van der Waals surface area contributed by atoms with E-state index in [2.05, 4.69) is 29.2 Å². The average Bonchev–Trinajstić information content (AvgIpc) is 2.85. The fourth-order valence-electron chi connectivity index (χ4n) is 3.42. The minimum Gasteiger partial charge on any atom is -0.497 e. The highest BCUT2D eigenvalue weighted by Crippen LogP contribution is 2.34. The van der Waals surface area contributed by atoms with Crippen LogP contribution in [0.5, 0.6) is 5.75 Å². The number of carbonyl (C=O) groups is 1. The molecule has 0 amide bonds. The number of hydrogen-bond donors (Lipinski definition) is 0. The second-order valence-corrected chi connectivity index (χ2v) is 7.14. The van der Waals surface area contributed by atoms with Gasteiger partial charge < -0.3 is 9.64 Å². The Hall–Kier alpha value is -4.18. The highest BCUT2D eigenvalue weighted by molar-refractivity contribution is 6.07. The van der Waals surface area contributed by atoms with Crippen molar-refractivity contribution in [1.29, 1.82) is 0 Å². The Labute approximate surface area is 187 Å². The minimum atomic E-state index is -0.601. The molecule has 0 saturated carbocycles. The number of para-hydroxylation sites is 2. The molecular weight excluding hydrogens is 401 g/mol. The molecule has 4 aromatic rings. The van der Waals surface area contributed by atoms with E-state index in [4.69, 9.17) is 4.74 Å². The number of allylic oxidation sites excluding steroid dienone is 1. The molecule has 4 rings (SSSR count). The molecule has 0 aliphatic heterocycles. The van der Waals surface area contributed by atoms with Crippen molar-refractivity contribution in [3.63, 3.8) is 0 Å². The van der Waals surface area contributed by atoms with Crippen LogP contribution in [0.3, 0.4) is 0 Å². The van der Waals surface area contributed by atoms with E-state index in [0.29, 0.717) is 5.75 Å². The SMILES string of the molecule is COc1ccc(C(=O)C=Cc2ccc(N(c3ccccc3)c3ccccc3)cc2)c(F)c1. The predicted molar refractivity (Wildman–Crippen MR) is 127 cm³/mol. The standard InChI is InChI=1S/C28H22FNO2/c1-32-25-17-18-26(27(29)20-25)28(31)19-14-21-12-15-24(16-13-21)30(22-8-4-2-5-9-22)23-10-6-3-7-11-23/h2-20H,1H3. The topological polar surface area (TPSA) is 29.5 Å². The summed E-state index contributed by atoms with van der Waals surface area (Å²) in [6.07, 6.45) is 3.07. The van der Waals surface area contributed by atoms with E-state index in [9.17, 15) is 9.18 Å². The van der Waals surface area contributed by atoms with Gasteiger partial charge in [0.25, 0.3) is 0 Å². The Morgan fingerprint density at radius 3 is 1.88 bits per heavy atom. The minimum absolute atomic E-state index is 0.0120. The smallest absolute Gasteiger partial charge is 0.188 e. The molecule has 0 aromatic heterocycles. The third-order valence-corrected chi connectivity index (χ3v) is 5.05. The molecule has 0 unspecified atom stereocenters. The van der Waals surface area contributed by atoms with Gasteiger partial charge in [-0.2, -0.15) is 0 Å². The van der Waals surface area contributed by atoms with E-state index in [1.807, 2.05) is 60.7 Å². The summed E-state index contributed by atoms with van der Waals surface area (Å²) in [7, 11) is 1.45. The highest BCUT2D eigenvalue weighted by Gasteiger charge is 2.12. The number of hydrogen-bond acceptors (Lipinski definition) is 3. The summed E-state index contributed by atoms with van der Waals surface area (Å²) in [6, 6.07) is 32.3. The largest absolute Gasteiger partial charge is 0.497 e. The summed E-state index contributed by atoms with van der Waals surface area (Å²) in [5, 5.41) is 0. The van der Waals surface area contributed by atoms with Crippen molar-refractivity contribution in [2.75, 3.05) is 12.0 Å². The van der Waals surface area contributed by atoms with Crippen LogP contribution < -0.4 is 9.64 Å². The molecule has 0 aliphatic rings. The zero-order valence-corrected chi connectivity index (χ0v) is 17.6. The van der Waals surface area contributed by atoms with Crippen LogP contribution in [0.1, 0.15) is 15.9 Å². The van der Waals surface area contributed by atoms with E-state index < -0.39 is 11.6 Å². The maximum Gasteiger partial charge on any atom is 0.188 e. The van der Waals surface area contributed by atoms with Crippen LogP contribution in [0.25, 0.3) is 6.08 Å². The van der Waals surface area contributed by atoms with Gasteiger partial charge in [-0.25, -0.2) is 4.39 Å². The number of nitrogens with zero attached hydrogens (tertiary/aromatic N) is 1. The number of methoxy groups -OCH3 is 1. The molecule has 4 heteroatoms. The molecule has 4 aromatic carbocycles. The molecule has 32 heavy (non-hydrogen) atoms. The van der Waals surface area contributed by atoms with Crippen molar-refractivity contribution in [3.05, 3.63) is 126 Å². The van der Waals surface area contributed by atoms with Gasteiger partial charge in [0.1, 0.15) is 11.6 Å². The lowest BCUT2D eigenvalue weighted by Gasteiger charge is -2.25. The Kier molecular flexibility index (Phi) is 6.42. The Morgan fingerprint density at radius 1 is 0.781 bits per heavy atom. The van der Waals surface area contributed by atoms with Crippen LogP contribution in [0, 0.1) is 5.82 Å². The summed E-state index contributed by atoms with van der Waals surface area (Å²) < 4.78 is 19.1. The van der Waals surface area contributed by atoms with Crippen molar-refractivity contribution in [1.82, 2.24) is 0 Å². The lowest BCUT2D eigenvalue weighted by Crippen LogP contribution is -2.09. The Morgan fingerprint density at radius 2 is 1.34 bits per heavy atom. The van der Waals surface area contributed by atoms with Crippen molar-refractivity contribution in [2.24, 2.45) is 0 Å². The van der Waals surface area contributed by atoms with Gasteiger partial charge in [0.15, 0.2) is 5.78 Å². The summed E-state index contributed by atoms with van der Waals surface area (Å²) in [6.45, 7) is 0. The predicted octanol–water partition coefficient (Wildman–Crippen LogP) is 7.20. The number of rotatable bonds is 7. The average molecular weight is 423 g/mol. The van der Waals surface area contributed by atoms with E-state index in [1.54, 1.807) is 12.1 Å². The summed E-state index contributed by atoms with van der Waals surface area (Å²) >= 11 is 0. The van der Waals surface area contributed by atoms with Crippen molar-refractivity contribution in [2.45, 2.75) is 0 Å². The quantitative estimate of drug-likeness (QED) is 0.232. The highest BCUT2D eigenvalue weighted by atomic mass is 19.1. The summed E-state index contributed by atoms with van der Waals surface area (Å²) in [5.74, 6) is -0.625. The first kappa shape index (κ1) is 21.1. The summed E-state index contributed by atoms with van der Waals surface area (Å²) in [4.78, 5) is 14.6. The first-order chi connectivity index (χ1) is 15.7. The normalized spacial score (nSPS) is 10.8. The molecular formula is C28H22FNO2. The molecule has 0 atom stereocenters. The first-order valence-corrected chi connectivity index (χ1v) is 10.2. The van der Waals surface area contributed by atoms with Crippen LogP contribution in [0.15, 0.2) is 109 Å². The zero-order valence-electron chi connectivity index (χ0n) is 17.6. The van der Waals surface area contributed by atoms with Gasteiger partial charge in [0, 0.05) is 23.1 Å². The van der Waals surface area contributed by atoms with Gasteiger partial charge in [0.2, 0.25) is 0 Å². The van der Waals surface area contributed by atoms with E-state index in [-0.39, 0.29) is 5.56 Å². The van der Waals surface area contributed by atoms with E-state index in [0.717, 1.165) is 22.6 Å². The second-order valence-electron chi connectivity index (χ2n) is 7.14. The summed E-state index contributed by atoms with van der Waals surface area (Å²) in [5.41, 5.74) is 3.95. The zero-order chi connectivity index (χ0) is 22.3. The molecule has 0 aliphatic carbocycles. The van der Waals surface area contributed by atoms with Crippen molar-refractivity contribution < 1.29 is 13.9 Å². The molecule has 0 heterocycles. The van der Waals surface area contributed by atoms with Crippen LogP contribution in [0.2, 0.25) is 0 Å². The third kappa shape index (κ3) is 4.76. The molecule has 158 valence electrons. The van der Waals surface area contributed by atoms with E-state index in [1.165, 1.54) is 25.3 Å². The molecule has 0 bridgehead atoms. The van der Waals surface area contributed by atoms with Gasteiger partial charge in [-0.3, -0.25) is 4.79 Å². The molecule has 0 spiro atoms. The monoisotopic (exact) mass is 423 g/mol. The maximum atomic E-state index is 14.1. The number of ether oxygens (including phenoxy) is 1. The molecule has 0 saturated heterocycles. The van der Waals surface area contributed by atoms with E-state index >= 15 is 0 Å². The second kappa shape index (κ2) is 9.75. The molecule has 3 nitrogen and oxygen atoms in total. The lowest BCUT2D eigenvalue weighted by molar-refractivity contribution is 0.104. The van der Waals surface area contributed by atoms with Crippen molar-refractivity contribution >= 4 is 28.9 Å². The van der Waals surface area contributed by atoms with Crippen LogP contribution in [0.4, 0.5) is 21.5 Å². The number of ketones is 1. The fourth-order valence-corrected chi connectivity index (χ4v) is 3.42. The molecule has 0 fully saturated rings. The molecule has 0 radical (unpaired) electrons. The number of anilines is 3. The number of halogens is 1. The Bertz CT molecular complexity index is 1180. The van der Waals surface area contributed by atoms with Crippen molar-refractivity contribution in [3.8, 4) is 5.75 Å². The van der Waals surface area contributed by atoms with Gasteiger partial charge in [-0.1, -0.05) is 54.6 Å². The maximum absolute atomic E-state index is 14.1. The van der Waals surface area contributed by atoms with Crippen LogP contribution in [-0.2, 0) is 0 Å². The van der Waals surface area contributed by atoms with Crippen LogP contribution in [-0.4, -0.2) is 12.9 Å². The van der Waals surface area contributed by atoms with Crippen LogP contribution >= 0.6 is 0 Å². The van der Waals surface area contributed by atoms with Gasteiger partial charge in [-0.15, -0.1) is 0 Å². The fraction of sp³-hybridized carbons (Fsp3) is 0.0357. The third-order valence-electron chi connectivity index (χ3n) is 5.05.